The summed E-state index contributed by atoms with van der Waals surface area (Å²) < 4.78 is 29.6. The van der Waals surface area contributed by atoms with Gasteiger partial charge in [0, 0.05) is 12.4 Å². The van der Waals surface area contributed by atoms with E-state index in [9.17, 15) is 13.2 Å². The summed E-state index contributed by atoms with van der Waals surface area (Å²) in [6.07, 6.45) is 3.33. The zero-order valence-electron chi connectivity index (χ0n) is 19.6. The molecule has 5 rings (SSSR count). The van der Waals surface area contributed by atoms with Crippen LogP contribution in [0.1, 0.15) is 21.5 Å². The van der Waals surface area contributed by atoms with E-state index in [-0.39, 0.29) is 22.7 Å². The quantitative estimate of drug-likeness (QED) is 0.257. The molecule has 0 spiro atoms. The van der Waals surface area contributed by atoms with Gasteiger partial charge in [-0.3, -0.25) is 19.4 Å². The van der Waals surface area contributed by atoms with Crippen LogP contribution in [0.5, 0.6) is 0 Å². The second-order valence-corrected chi connectivity index (χ2v) is 11.4. The Hall–Kier alpha value is -3.79. The molecule has 0 aliphatic carbocycles. The van der Waals surface area contributed by atoms with Crippen molar-refractivity contribution in [2.75, 3.05) is 9.62 Å². The molecule has 10 heteroatoms. The lowest BCUT2D eigenvalue weighted by Gasteiger charge is -2.22. The molecule has 1 N–H and O–H groups in total. The van der Waals surface area contributed by atoms with E-state index in [1.54, 1.807) is 60.9 Å². The number of hydrogen-bond acceptors (Lipinski definition) is 6. The Labute approximate surface area is 223 Å². The normalized spacial score (nSPS) is 11.4. The van der Waals surface area contributed by atoms with E-state index < -0.39 is 15.9 Å². The molecule has 3 aromatic carbocycles. The van der Waals surface area contributed by atoms with Crippen molar-refractivity contribution in [1.29, 1.82) is 0 Å². The van der Waals surface area contributed by atoms with E-state index in [1.165, 1.54) is 28.4 Å². The molecule has 1 amide bonds. The number of aryl methyl sites for hydroxylation is 1. The fourth-order valence-corrected chi connectivity index (χ4v) is 6.09. The standard InChI is InChI=1S/C27H21ClN4O3S2/c1-18-11-13-20(14-12-18)37(34,35)31-23-9-3-2-7-21(23)26(33)32(17-19-6-5-15-29-16-19)27-30-25-22(28)8-4-10-24(25)36-27/h2-16,31H,17H2,1H3. The summed E-state index contributed by atoms with van der Waals surface area (Å²) in [5, 5.41) is 0.924. The third kappa shape index (κ3) is 5.34. The van der Waals surface area contributed by atoms with Crippen molar-refractivity contribution in [3.8, 4) is 0 Å². The molecule has 2 aromatic heterocycles. The Balaban J connectivity index is 1.55. The summed E-state index contributed by atoms with van der Waals surface area (Å²) in [7, 11) is -3.92. The first-order chi connectivity index (χ1) is 17.8. The van der Waals surface area contributed by atoms with Crippen LogP contribution < -0.4 is 9.62 Å². The molecule has 37 heavy (non-hydrogen) atoms. The molecule has 0 aliphatic heterocycles. The fraction of sp³-hybridized carbons (Fsp3) is 0.0741. The molecule has 7 nitrogen and oxygen atoms in total. The number of amides is 1. The molecule has 186 valence electrons. The number of sulfonamides is 1. The first-order valence-corrected chi connectivity index (χ1v) is 13.9. The molecular weight excluding hydrogens is 528 g/mol. The van der Waals surface area contributed by atoms with E-state index >= 15 is 0 Å². The Morgan fingerprint density at radius 1 is 1.00 bits per heavy atom. The number of hydrogen-bond donors (Lipinski definition) is 1. The van der Waals surface area contributed by atoms with Crippen LogP contribution in [0.25, 0.3) is 10.2 Å². The van der Waals surface area contributed by atoms with Gasteiger partial charge in [-0.2, -0.15) is 0 Å². The molecule has 0 saturated carbocycles. The summed E-state index contributed by atoms with van der Waals surface area (Å²) in [6, 6.07) is 22.1. The number of carbonyl (C=O) groups is 1. The van der Waals surface area contributed by atoms with Gasteiger partial charge in [0.2, 0.25) is 0 Å². The van der Waals surface area contributed by atoms with Gasteiger partial charge in [-0.1, -0.05) is 64.9 Å². The molecule has 0 fully saturated rings. The first kappa shape index (κ1) is 24.9. The molecule has 0 unspecified atom stereocenters. The molecule has 0 saturated heterocycles. The predicted molar refractivity (Wildman–Crippen MR) is 148 cm³/mol. The third-order valence-electron chi connectivity index (χ3n) is 5.63. The van der Waals surface area contributed by atoms with Gasteiger partial charge < -0.3 is 0 Å². The molecule has 2 heterocycles. The van der Waals surface area contributed by atoms with Crippen molar-refractivity contribution < 1.29 is 13.2 Å². The SMILES string of the molecule is Cc1ccc(S(=O)(=O)Nc2ccccc2C(=O)N(Cc2cccnc2)c2nc3c(Cl)cccc3s2)cc1. The smallest absolute Gasteiger partial charge is 0.262 e. The predicted octanol–water partition coefficient (Wildman–Crippen LogP) is 6.30. The van der Waals surface area contributed by atoms with Crippen molar-refractivity contribution in [1.82, 2.24) is 9.97 Å². The molecule has 0 bridgehead atoms. The van der Waals surface area contributed by atoms with Crippen molar-refractivity contribution in [3.63, 3.8) is 0 Å². The Bertz CT molecular complexity index is 1690. The minimum atomic E-state index is -3.92. The Morgan fingerprint density at radius 3 is 2.51 bits per heavy atom. The number of halogens is 1. The molecular formula is C27H21ClN4O3S2. The molecule has 0 aliphatic rings. The average Bonchev–Trinajstić information content (AvgIpc) is 3.33. The van der Waals surface area contributed by atoms with Crippen LogP contribution in [-0.4, -0.2) is 24.3 Å². The number of nitrogens with one attached hydrogen (secondary N) is 1. The Morgan fingerprint density at radius 2 is 1.78 bits per heavy atom. The van der Waals surface area contributed by atoms with Crippen LogP contribution in [0.3, 0.4) is 0 Å². The number of rotatable bonds is 7. The minimum Gasteiger partial charge on any atom is -0.279 e. The maximum absolute atomic E-state index is 14.0. The minimum absolute atomic E-state index is 0.105. The zero-order valence-corrected chi connectivity index (χ0v) is 22.0. The van der Waals surface area contributed by atoms with Crippen LogP contribution in [0.15, 0.2) is 96.2 Å². The lowest BCUT2D eigenvalue weighted by atomic mass is 10.1. The Kier molecular flexibility index (Phi) is 6.92. The number of carbonyl (C=O) groups excluding carboxylic acids is 1. The summed E-state index contributed by atoms with van der Waals surface area (Å²) in [5.41, 5.74) is 2.69. The first-order valence-electron chi connectivity index (χ1n) is 11.3. The average molecular weight is 549 g/mol. The summed E-state index contributed by atoms with van der Waals surface area (Å²) in [4.78, 5) is 24.4. The van der Waals surface area contributed by atoms with E-state index in [0.29, 0.717) is 15.7 Å². The number of nitrogens with zero attached hydrogens (tertiary/aromatic N) is 3. The number of benzene rings is 3. The molecule has 0 atom stereocenters. The van der Waals surface area contributed by atoms with Gasteiger partial charge in [0.05, 0.1) is 32.4 Å². The fourth-order valence-electron chi connectivity index (χ4n) is 3.74. The number of pyridine rings is 1. The number of thiazole rings is 1. The largest absolute Gasteiger partial charge is 0.279 e. The molecule has 0 radical (unpaired) electrons. The van der Waals surface area contributed by atoms with Gasteiger partial charge >= 0.3 is 0 Å². The molecule has 5 aromatic rings. The van der Waals surface area contributed by atoms with E-state index in [2.05, 4.69) is 14.7 Å². The van der Waals surface area contributed by atoms with Crippen molar-refractivity contribution in [2.45, 2.75) is 18.4 Å². The third-order valence-corrected chi connectivity index (χ3v) is 8.36. The lowest BCUT2D eigenvalue weighted by Crippen LogP contribution is -2.31. The highest BCUT2D eigenvalue weighted by Crippen LogP contribution is 2.35. The van der Waals surface area contributed by atoms with Crippen LogP contribution in [0.4, 0.5) is 10.8 Å². The topological polar surface area (TPSA) is 92.3 Å². The van der Waals surface area contributed by atoms with Gasteiger partial charge in [0.25, 0.3) is 15.9 Å². The second kappa shape index (κ2) is 10.3. The van der Waals surface area contributed by atoms with E-state index in [1.807, 2.05) is 25.1 Å². The number of anilines is 2. The highest BCUT2D eigenvalue weighted by molar-refractivity contribution is 7.92. The monoisotopic (exact) mass is 548 g/mol. The van der Waals surface area contributed by atoms with Gasteiger partial charge in [0.15, 0.2) is 5.13 Å². The van der Waals surface area contributed by atoms with Crippen LogP contribution in [0, 0.1) is 6.92 Å². The zero-order chi connectivity index (χ0) is 26.0. The van der Waals surface area contributed by atoms with Gasteiger partial charge in [-0.05, 0) is 55.0 Å². The summed E-state index contributed by atoms with van der Waals surface area (Å²) >= 11 is 7.68. The van der Waals surface area contributed by atoms with Crippen LogP contribution >= 0.6 is 22.9 Å². The maximum Gasteiger partial charge on any atom is 0.262 e. The highest BCUT2D eigenvalue weighted by atomic mass is 35.5. The number of aromatic nitrogens is 2. The number of fused-ring (bicyclic) bond motifs is 1. The maximum atomic E-state index is 14.0. The van der Waals surface area contributed by atoms with Crippen LogP contribution in [0.2, 0.25) is 5.02 Å². The summed E-state index contributed by atoms with van der Waals surface area (Å²) in [6.45, 7) is 2.06. The lowest BCUT2D eigenvalue weighted by molar-refractivity contribution is 0.0986. The highest BCUT2D eigenvalue weighted by Gasteiger charge is 2.26. The summed E-state index contributed by atoms with van der Waals surface area (Å²) in [5.74, 6) is -0.416. The van der Waals surface area contributed by atoms with Crippen molar-refractivity contribution in [3.05, 3.63) is 113 Å². The van der Waals surface area contributed by atoms with Gasteiger partial charge in [0.1, 0.15) is 5.52 Å². The van der Waals surface area contributed by atoms with Crippen molar-refractivity contribution in [2.24, 2.45) is 0 Å². The van der Waals surface area contributed by atoms with Gasteiger partial charge in [-0.15, -0.1) is 0 Å². The van der Waals surface area contributed by atoms with E-state index in [0.717, 1.165) is 15.8 Å². The second-order valence-electron chi connectivity index (χ2n) is 8.30. The van der Waals surface area contributed by atoms with E-state index in [4.69, 9.17) is 11.6 Å². The number of para-hydroxylation sites is 2. The van der Waals surface area contributed by atoms with Crippen LogP contribution in [-0.2, 0) is 16.6 Å². The van der Waals surface area contributed by atoms with Crippen molar-refractivity contribution >= 4 is 59.9 Å². The van der Waals surface area contributed by atoms with Gasteiger partial charge in [-0.25, -0.2) is 13.4 Å².